The summed E-state index contributed by atoms with van der Waals surface area (Å²) in [6, 6.07) is 11.5. The van der Waals surface area contributed by atoms with Crippen molar-refractivity contribution in [3.05, 3.63) is 52.7 Å². The van der Waals surface area contributed by atoms with Crippen molar-refractivity contribution in [2.45, 2.75) is 13.8 Å². The highest BCUT2D eigenvalue weighted by Crippen LogP contribution is 2.34. The number of fused-ring (bicyclic) bond motifs is 2. The van der Waals surface area contributed by atoms with Crippen molar-refractivity contribution in [2.75, 3.05) is 7.11 Å². The third kappa shape index (κ3) is 2.12. The molecule has 0 aliphatic carbocycles. The predicted octanol–water partition coefficient (Wildman–Crippen LogP) is 4.25. The van der Waals surface area contributed by atoms with E-state index in [9.17, 15) is 0 Å². The number of methoxy groups -OCH3 is 1. The summed E-state index contributed by atoms with van der Waals surface area (Å²) in [5.41, 5.74) is 3.45. The number of hydrogen-bond acceptors (Lipinski definition) is 4. The number of hydrogen-bond donors (Lipinski definition) is 0. The molecule has 4 aromatic rings. The Balaban J connectivity index is 2.11. The van der Waals surface area contributed by atoms with Crippen LogP contribution in [0, 0.1) is 13.8 Å². The molecule has 4 rings (SSSR count). The molecule has 0 saturated carbocycles. The van der Waals surface area contributed by atoms with Crippen LogP contribution in [0.1, 0.15) is 11.3 Å². The van der Waals surface area contributed by atoms with E-state index in [4.69, 9.17) is 21.3 Å². The zero-order chi connectivity index (χ0) is 16.8. The molecule has 0 radical (unpaired) electrons. The van der Waals surface area contributed by atoms with Crippen LogP contribution in [0.15, 0.2) is 36.4 Å². The number of rotatable bonds is 2. The lowest BCUT2D eigenvalue weighted by Crippen LogP contribution is -2.02. The Bertz CT molecular complexity index is 1090. The second kappa shape index (κ2) is 5.46. The molecule has 5 nitrogen and oxygen atoms in total. The molecule has 0 aliphatic rings. The number of halogens is 1. The van der Waals surface area contributed by atoms with E-state index in [0.29, 0.717) is 22.4 Å². The van der Waals surface area contributed by atoms with Gasteiger partial charge in [-0.25, -0.2) is 4.98 Å². The quantitative estimate of drug-likeness (QED) is 0.548. The molecule has 0 amide bonds. The van der Waals surface area contributed by atoms with E-state index < -0.39 is 0 Å². The van der Waals surface area contributed by atoms with Gasteiger partial charge in [0.05, 0.1) is 28.7 Å². The van der Waals surface area contributed by atoms with Crippen LogP contribution in [0.2, 0.25) is 5.02 Å². The molecule has 3 heterocycles. The average Bonchev–Trinajstić information content (AvgIpc) is 2.93. The Hall–Kier alpha value is -2.66. The number of aromatic nitrogens is 4. The van der Waals surface area contributed by atoms with Crippen molar-refractivity contribution in [3.8, 4) is 11.7 Å². The first kappa shape index (κ1) is 14.9. The molecule has 3 aromatic heterocycles. The van der Waals surface area contributed by atoms with Crippen molar-refractivity contribution >= 4 is 33.5 Å². The molecule has 1 aromatic carbocycles. The molecule has 120 valence electrons. The third-order valence-electron chi connectivity index (χ3n) is 4.08. The number of benzene rings is 1. The molecule has 24 heavy (non-hydrogen) atoms. The minimum Gasteiger partial charge on any atom is -0.481 e. The number of ether oxygens (including phenoxy) is 1. The fourth-order valence-corrected chi connectivity index (χ4v) is 3.27. The second-order valence-electron chi connectivity index (χ2n) is 5.63. The largest absolute Gasteiger partial charge is 0.481 e. The van der Waals surface area contributed by atoms with Crippen molar-refractivity contribution in [1.82, 2.24) is 19.7 Å². The predicted molar refractivity (Wildman–Crippen MR) is 95.2 cm³/mol. The van der Waals surface area contributed by atoms with Crippen LogP contribution in [-0.2, 0) is 0 Å². The smallest absolute Gasteiger partial charge is 0.214 e. The summed E-state index contributed by atoms with van der Waals surface area (Å²) in [4.78, 5) is 9.28. The third-order valence-corrected chi connectivity index (χ3v) is 4.48. The molecule has 0 unspecified atom stereocenters. The molecule has 0 fully saturated rings. The summed E-state index contributed by atoms with van der Waals surface area (Å²) >= 11 is 6.67. The van der Waals surface area contributed by atoms with Crippen LogP contribution in [0.25, 0.3) is 27.8 Å². The highest BCUT2D eigenvalue weighted by atomic mass is 35.5. The summed E-state index contributed by atoms with van der Waals surface area (Å²) < 4.78 is 6.92. The van der Waals surface area contributed by atoms with Crippen molar-refractivity contribution in [1.29, 1.82) is 0 Å². The van der Waals surface area contributed by atoms with E-state index in [1.807, 2.05) is 44.2 Å². The second-order valence-corrected chi connectivity index (χ2v) is 6.01. The molecule has 0 saturated heterocycles. The lowest BCUT2D eigenvalue weighted by atomic mass is 10.1. The van der Waals surface area contributed by atoms with Gasteiger partial charge in [0.1, 0.15) is 0 Å². The summed E-state index contributed by atoms with van der Waals surface area (Å²) in [7, 11) is 1.59. The first-order valence-corrected chi connectivity index (χ1v) is 7.93. The maximum atomic E-state index is 6.67. The zero-order valence-electron chi connectivity index (χ0n) is 13.5. The van der Waals surface area contributed by atoms with Crippen LogP contribution in [-0.4, -0.2) is 26.9 Å². The normalized spacial score (nSPS) is 11.3. The molecular formula is C18H15ClN4O. The van der Waals surface area contributed by atoms with Crippen LogP contribution in [0.5, 0.6) is 5.88 Å². The first-order valence-electron chi connectivity index (χ1n) is 7.55. The minimum absolute atomic E-state index is 0.525. The molecule has 6 heteroatoms. The number of aryl methyl sites for hydroxylation is 2. The Kier molecular flexibility index (Phi) is 3.39. The van der Waals surface area contributed by atoms with Gasteiger partial charge < -0.3 is 4.74 Å². The molecule has 0 spiro atoms. The fourth-order valence-electron chi connectivity index (χ4n) is 2.90. The highest BCUT2D eigenvalue weighted by molar-refractivity contribution is 6.40. The van der Waals surface area contributed by atoms with Crippen LogP contribution in [0.3, 0.4) is 0 Å². The van der Waals surface area contributed by atoms with Crippen LogP contribution in [0.4, 0.5) is 0 Å². The zero-order valence-corrected chi connectivity index (χ0v) is 14.3. The van der Waals surface area contributed by atoms with E-state index in [2.05, 4.69) is 10.1 Å². The SMILES string of the molecule is COc1cccc(-n2nc(C)c3c(Cl)c4cccc(C)c4nc32)n1. The van der Waals surface area contributed by atoms with Crippen LogP contribution < -0.4 is 4.74 Å². The topological polar surface area (TPSA) is 52.8 Å². The number of para-hydroxylation sites is 1. The minimum atomic E-state index is 0.525. The first-order chi connectivity index (χ1) is 11.6. The summed E-state index contributed by atoms with van der Waals surface area (Å²) in [6.07, 6.45) is 0. The molecule has 0 N–H and O–H groups in total. The van der Waals surface area contributed by atoms with Gasteiger partial charge in [-0.2, -0.15) is 14.8 Å². The molecule has 0 atom stereocenters. The maximum absolute atomic E-state index is 6.67. The van der Waals surface area contributed by atoms with E-state index in [1.54, 1.807) is 17.9 Å². The van der Waals surface area contributed by atoms with Crippen molar-refractivity contribution in [2.24, 2.45) is 0 Å². The Labute approximate surface area is 143 Å². The lowest BCUT2D eigenvalue weighted by molar-refractivity contribution is 0.397. The monoisotopic (exact) mass is 338 g/mol. The van der Waals surface area contributed by atoms with Crippen molar-refractivity contribution in [3.63, 3.8) is 0 Å². The summed E-state index contributed by atoms with van der Waals surface area (Å²) in [5.74, 6) is 1.17. The Morgan fingerprint density at radius 2 is 1.83 bits per heavy atom. The van der Waals surface area contributed by atoms with E-state index in [0.717, 1.165) is 27.5 Å². The average molecular weight is 339 g/mol. The van der Waals surface area contributed by atoms with E-state index in [1.165, 1.54) is 0 Å². The highest BCUT2D eigenvalue weighted by Gasteiger charge is 2.18. The van der Waals surface area contributed by atoms with Gasteiger partial charge in [0, 0.05) is 11.5 Å². The van der Waals surface area contributed by atoms with Gasteiger partial charge in [0.25, 0.3) is 0 Å². The fraction of sp³-hybridized carbons (Fsp3) is 0.167. The standard InChI is InChI=1S/C18H15ClN4O/c1-10-6-4-7-12-16(19)15-11(2)22-23(18(15)21-17(10)12)13-8-5-9-14(20-13)24-3/h4-9H,1-3H3. The molecule has 0 aliphatic heterocycles. The van der Waals surface area contributed by atoms with Gasteiger partial charge in [0.15, 0.2) is 11.5 Å². The van der Waals surface area contributed by atoms with Crippen molar-refractivity contribution < 1.29 is 4.74 Å². The van der Waals surface area contributed by atoms with Gasteiger partial charge in [-0.05, 0) is 25.5 Å². The van der Waals surface area contributed by atoms with Gasteiger partial charge in [-0.3, -0.25) is 0 Å². The summed E-state index contributed by atoms with van der Waals surface area (Å²) in [6.45, 7) is 3.95. The van der Waals surface area contributed by atoms with Crippen LogP contribution >= 0.6 is 11.6 Å². The van der Waals surface area contributed by atoms with Gasteiger partial charge in [-0.1, -0.05) is 35.9 Å². The van der Waals surface area contributed by atoms with E-state index in [-0.39, 0.29) is 0 Å². The Morgan fingerprint density at radius 1 is 1.04 bits per heavy atom. The maximum Gasteiger partial charge on any atom is 0.214 e. The number of nitrogens with zero attached hydrogens (tertiary/aromatic N) is 4. The summed E-state index contributed by atoms with van der Waals surface area (Å²) in [5, 5.41) is 7.05. The number of pyridine rings is 2. The van der Waals surface area contributed by atoms with E-state index >= 15 is 0 Å². The van der Waals surface area contributed by atoms with Gasteiger partial charge in [0.2, 0.25) is 5.88 Å². The van der Waals surface area contributed by atoms with Gasteiger partial charge in [-0.15, -0.1) is 0 Å². The lowest BCUT2D eigenvalue weighted by Gasteiger charge is -2.07. The molecular weight excluding hydrogens is 324 g/mol. The molecule has 0 bridgehead atoms. The Morgan fingerprint density at radius 3 is 2.62 bits per heavy atom. The van der Waals surface area contributed by atoms with Gasteiger partial charge >= 0.3 is 0 Å².